The predicted octanol–water partition coefficient (Wildman–Crippen LogP) is 2.95. The summed E-state index contributed by atoms with van der Waals surface area (Å²) in [5.74, 6) is 0.0802. The minimum Gasteiger partial charge on any atom is -0.328 e. The van der Waals surface area contributed by atoms with Crippen molar-refractivity contribution in [2.24, 2.45) is 11.7 Å². The van der Waals surface area contributed by atoms with E-state index in [1.54, 1.807) is 0 Å². The molecule has 1 amide bonds. The van der Waals surface area contributed by atoms with Crippen LogP contribution in [0.15, 0.2) is 30.3 Å². The van der Waals surface area contributed by atoms with Crippen molar-refractivity contribution in [3.05, 3.63) is 41.7 Å². The van der Waals surface area contributed by atoms with Gasteiger partial charge in [0.15, 0.2) is 0 Å². The molecular weight excluding hydrogens is 288 g/mol. The quantitative estimate of drug-likeness (QED) is 0.915. The summed E-state index contributed by atoms with van der Waals surface area (Å²) in [7, 11) is 0. The highest BCUT2D eigenvalue weighted by molar-refractivity contribution is 5.93. The number of amides is 1. The first-order valence-corrected chi connectivity index (χ1v) is 8.24. The zero-order valence-corrected chi connectivity index (χ0v) is 13.7. The maximum atomic E-state index is 12.6. The molecule has 0 saturated heterocycles. The zero-order valence-electron chi connectivity index (χ0n) is 13.7. The average molecular weight is 312 g/mol. The second-order valence-corrected chi connectivity index (χ2v) is 6.41. The van der Waals surface area contributed by atoms with Crippen LogP contribution >= 0.6 is 0 Å². The standard InChI is InChI=1S/C18H24N4O/c1-12-17(20-18(23)14-7-6-8-15(19)11-14)13(2)22(21-12)16-9-4-3-5-10-16/h3-5,9-10,14-15H,6-8,11,19H2,1-2H3,(H,20,23). The van der Waals surface area contributed by atoms with Gasteiger partial charge in [-0.1, -0.05) is 24.6 Å². The highest BCUT2D eigenvalue weighted by atomic mass is 16.1. The molecule has 23 heavy (non-hydrogen) atoms. The SMILES string of the molecule is Cc1nn(-c2ccccc2)c(C)c1NC(=O)C1CCCC(N)C1. The average Bonchev–Trinajstić information content (AvgIpc) is 2.84. The lowest BCUT2D eigenvalue weighted by Crippen LogP contribution is -2.34. The predicted molar refractivity (Wildman–Crippen MR) is 91.6 cm³/mol. The Balaban J connectivity index is 1.81. The van der Waals surface area contributed by atoms with E-state index in [0.29, 0.717) is 0 Å². The van der Waals surface area contributed by atoms with E-state index >= 15 is 0 Å². The molecule has 1 heterocycles. The van der Waals surface area contributed by atoms with Crippen LogP contribution in [-0.2, 0) is 4.79 Å². The van der Waals surface area contributed by atoms with E-state index in [1.807, 2.05) is 48.9 Å². The molecule has 1 aliphatic rings. The number of rotatable bonds is 3. The van der Waals surface area contributed by atoms with E-state index in [2.05, 4.69) is 10.4 Å². The second kappa shape index (κ2) is 6.54. The van der Waals surface area contributed by atoms with Crippen LogP contribution in [0.25, 0.3) is 5.69 Å². The molecule has 3 N–H and O–H groups in total. The van der Waals surface area contributed by atoms with Gasteiger partial charge in [0.2, 0.25) is 5.91 Å². The van der Waals surface area contributed by atoms with Gasteiger partial charge in [-0.2, -0.15) is 5.10 Å². The topological polar surface area (TPSA) is 72.9 Å². The Kier molecular flexibility index (Phi) is 4.48. The van der Waals surface area contributed by atoms with E-state index in [4.69, 9.17) is 5.73 Å². The summed E-state index contributed by atoms with van der Waals surface area (Å²) in [6.07, 6.45) is 3.75. The van der Waals surface area contributed by atoms with Crippen LogP contribution in [0.3, 0.4) is 0 Å². The van der Waals surface area contributed by atoms with E-state index in [1.165, 1.54) is 0 Å². The molecule has 1 aromatic carbocycles. The Hall–Kier alpha value is -2.14. The Bertz CT molecular complexity index is 693. The summed E-state index contributed by atoms with van der Waals surface area (Å²) in [6, 6.07) is 10.1. The molecule has 0 aliphatic heterocycles. The largest absolute Gasteiger partial charge is 0.328 e. The molecular formula is C18H24N4O. The molecule has 3 rings (SSSR count). The van der Waals surface area contributed by atoms with Crippen molar-refractivity contribution in [2.75, 3.05) is 5.32 Å². The number of benzene rings is 1. The monoisotopic (exact) mass is 312 g/mol. The molecule has 1 saturated carbocycles. The molecule has 0 spiro atoms. The highest BCUT2D eigenvalue weighted by Crippen LogP contribution is 2.27. The normalized spacial score (nSPS) is 21.2. The molecule has 2 unspecified atom stereocenters. The van der Waals surface area contributed by atoms with Gasteiger partial charge in [0, 0.05) is 12.0 Å². The fourth-order valence-corrected chi connectivity index (χ4v) is 3.34. The summed E-state index contributed by atoms with van der Waals surface area (Å²) in [5, 5.41) is 7.65. The third-order valence-corrected chi connectivity index (χ3v) is 4.63. The summed E-state index contributed by atoms with van der Waals surface area (Å²) in [5.41, 5.74) is 9.59. The number of aromatic nitrogens is 2. The molecule has 0 radical (unpaired) electrons. The van der Waals surface area contributed by atoms with Gasteiger partial charge < -0.3 is 11.1 Å². The van der Waals surface area contributed by atoms with Crippen molar-refractivity contribution in [3.63, 3.8) is 0 Å². The van der Waals surface area contributed by atoms with Crippen molar-refractivity contribution >= 4 is 11.6 Å². The number of nitrogens with zero attached hydrogens (tertiary/aromatic N) is 2. The van der Waals surface area contributed by atoms with Crippen LogP contribution in [0.2, 0.25) is 0 Å². The first kappa shape index (κ1) is 15.7. The molecule has 1 fully saturated rings. The Morgan fingerprint density at radius 1 is 1.26 bits per heavy atom. The first-order chi connectivity index (χ1) is 11.1. The Labute approximate surface area is 136 Å². The number of aryl methyl sites for hydroxylation is 1. The number of nitrogens with one attached hydrogen (secondary N) is 1. The van der Waals surface area contributed by atoms with Crippen molar-refractivity contribution < 1.29 is 4.79 Å². The van der Waals surface area contributed by atoms with Crippen molar-refractivity contribution in [1.82, 2.24) is 9.78 Å². The van der Waals surface area contributed by atoms with Gasteiger partial charge in [-0.25, -0.2) is 4.68 Å². The van der Waals surface area contributed by atoms with Gasteiger partial charge in [0.05, 0.1) is 22.8 Å². The molecule has 122 valence electrons. The molecule has 0 bridgehead atoms. The number of hydrogen-bond acceptors (Lipinski definition) is 3. The van der Waals surface area contributed by atoms with Crippen molar-refractivity contribution in [3.8, 4) is 5.69 Å². The fraction of sp³-hybridized carbons (Fsp3) is 0.444. The lowest BCUT2D eigenvalue weighted by molar-refractivity contribution is -0.120. The summed E-state index contributed by atoms with van der Waals surface area (Å²) >= 11 is 0. The van der Waals surface area contributed by atoms with Crippen LogP contribution in [0.4, 0.5) is 5.69 Å². The van der Waals surface area contributed by atoms with Crippen LogP contribution in [0.5, 0.6) is 0 Å². The van der Waals surface area contributed by atoms with Crippen LogP contribution in [-0.4, -0.2) is 21.7 Å². The zero-order chi connectivity index (χ0) is 16.4. The Morgan fingerprint density at radius 3 is 2.70 bits per heavy atom. The van der Waals surface area contributed by atoms with Crippen molar-refractivity contribution in [1.29, 1.82) is 0 Å². The van der Waals surface area contributed by atoms with Gasteiger partial charge in [-0.3, -0.25) is 4.79 Å². The maximum absolute atomic E-state index is 12.6. The number of nitrogens with two attached hydrogens (primary N) is 1. The van der Waals surface area contributed by atoms with E-state index in [-0.39, 0.29) is 17.9 Å². The number of carbonyl (C=O) groups is 1. The van der Waals surface area contributed by atoms with Gasteiger partial charge in [0.25, 0.3) is 0 Å². The van der Waals surface area contributed by atoms with E-state index in [9.17, 15) is 4.79 Å². The van der Waals surface area contributed by atoms with Crippen LogP contribution in [0, 0.1) is 19.8 Å². The second-order valence-electron chi connectivity index (χ2n) is 6.41. The number of anilines is 1. The minimum absolute atomic E-state index is 0.0117. The Morgan fingerprint density at radius 2 is 2.00 bits per heavy atom. The summed E-state index contributed by atoms with van der Waals surface area (Å²) < 4.78 is 1.87. The van der Waals surface area contributed by atoms with Crippen molar-refractivity contribution in [2.45, 2.75) is 45.6 Å². The molecule has 2 aromatic rings. The third kappa shape index (κ3) is 3.29. The smallest absolute Gasteiger partial charge is 0.227 e. The fourth-order valence-electron chi connectivity index (χ4n) is 3.34. The lowest BCUT2D eigenvalue weighted by atomic mass is 9.85. The summed E-state index contributed by atoms with van der Waals surface area (Å²) in [6.45, 7) is 3.91. The molecule has 2 atom stereocenters. The molecule has 1 aliphatic carbocycles. The van der Waals surface area contributed by atoms with E-state index < -0.39 is 0 Å². The van der Waals surface area contributed by atoms with E-state index in [0.717, 1.165) is 48.4 Å². The van der Waals surface area contributed by atoms with Crippen LogP contribution < -0.4 is 11.1 Å². The van der Waals surface area contributed by atoms with Crippen LogP contribution in [0.1, 0.15) is 37.1 Å². The van der Waals surface area contributed by atoms with Gasteiger partial charge in [-0.05, 0) is 45.2 Å². The summed E-state index contributed by atoms with van der Waals surface area (Å²) in [4.78, 5) is 12.6. The third-order valence-electron chi connectivity index (χ3n) is 4.63. The highest BCUT2D eigenvalue weighted by Gasteiger charge is 2.26. The lowest BCUT2D eigenvalue weighted by Gasteiger charge is -2.25. The number of carbonyl (C=O) groups excluding carboxylic acids is 1. The maximum Gasteiger partial charge on any atom is 0.227 e. The first-order valence-electron chi connectivity index (χ1n) is 8.24. The molecule has 5 nitrogen and oxygen atoms in total. The van der Waals surface area contributed by atoms with Gasteiger partial charge in [-0.15, -0.1) is 0 Å². The van der Waals surface area contributed by atoms with Gasteiger partial charge >= 0.3 is 0 Å². The van der Waals surface area contributed by atoms with Gasteiger partial charge in [0.1, 0.15) is 0 Å². The molecule has 1 aromatic heterocycles. The number of para-hydroxylation sites is 1. The minimum atomic E-state index is 0.0117. The molecule has 5 heteroatoms. The number of hydrogen-bond donors (Lipinski definition) is 2.